The molecule has 6 rings (SSSR count). The van der Waals surface area contributed by atoms with E-state index in [1.165, 1.54) is 6.08 Å². The molecule has 6 aliphatic rings. The van der Waals surface area contributed by atoms with Crippen LogP contribution in [0, 0.1) is 34.5 Å². The Kier molecular flexibility index (Phi) is 4.86. The highest BCUT2D eigenvalue weighted by molar-refractivity contribution is 5.98. The summed E-state index contributed by atoms with van der Waals surface area (Å²) in [7, 11) is 0. The number of rotatable bonds is 2. The summed E-state index contributed by atoms with van der Waals surface area (Å²) in [4.78, 5) is 25.9. The van der Waals surface area contributed by atoms with Crippen molar-refractivity contribution in [1.29, 1.82) is 0 Å². The molecule has 5 fully saturated rings. The maximum Gasteiger partial charge on any atom is 0.311 e. The Morgan fingerprint density at radius 2 is 1.75 bits per heavy atom. The normalized spacial score (nSPS) is 59.2. The fraction of sp³-hybridized carbons (Fsp3) is 0.857. The number of hydrogen-bond donors (Lipinski definition) is 4. The number of fused-ring (bicyclic) bond motifs is 4. The molecule has 0 radical (unpaired) electrons. The SMILES string of the molecule is C[C@H]1C(=O)OC([C@](C)(O)[C@@]2(O)CCC3C4C[C@H]5OC56C(O)C=CC(=O)[C@]6(C)C4CC[C@@]32C)C[C@@]1(C)O. The minimum absolute atomic E-state index is 0.000623. The van der Waals surface area contributed by atoms with Gasteiger partial charge in [0.25, 0.3) is 0 Å². The van der Waals surface area contributed by atoms with Crippen molar-refractivity contribution in [2.45, 2.75) is 114 Å². The van der Waals surface area contributed by atoms with Gasteiger partial charge in [-0.05, 0) is 89.7 Å². The number of esters is 1. The number of aliphatic hydroxyl groups is 4. The topological polar surface area (TPSA) is 137 Å². The molecule has 200 valence electrons. The predicted molar refractivity (Wildman–Crippen MR) is 127 cm³/mol. The molecule has 2 aliphatic heterocycles. The summed E-state index contributed by atoms with van der Waals surface area (Å²) in [6.07, 6.45) is 4.00. The number of aliphatic hydroxyl groups excluding tert-OH is 1. The van der Waals surface area contributed by atoms with Crippen LogP contribution in [0.1, 0.15) is 73.1 Å². The molecule has 4 aliphatic carbocycles. The summed E-state index contributed by atoms with van der Waals surface area (Å²) in [5.41, 5.74) is -7.04. The highest BCUT2D eigenvalue weighted by Crippen LogP contribution is 2.74. The second-order valence-electron chi connectivity index (χ2n) is 13.6. The van der Waals surface area contributed by atoms with Crippen LogP contribution in [-0.4, -0.2) is 72.9 Å². The number of ketones is 1. The van der Waals surface area contributed by atoms with Crippen LogP contribution in [0.15, 0.2) is 12.2 Å². The lowest BCUT2D eigenvalue weighted by atomic mass is 9.43. The van der Waals surface area contributed by atoms with Crippen molar-refractivity contribution in [3.8, 4) is 0 Å². The van der Waals surface area contributed by atoms with Gasteiger partial charge in [-0.25, -0.2) is 0 Å². The second kappa shape index (κ2) is 7.00. The maximum absolute atomic E-state index is 13.3. The zero-order valence-electron chi connectivity index (χ0n) is 21.9. The minimum atomic E-state index is -1.78. The van der Waals surface area contributed by atoms with Gasteiger partial charge >= 0.3 is 5.97 Å². The fourth-order valence-electron chi connectivity index (χ4n) is 9.71. The minimum Gasteiger partial charge on any atom is -0.459 e. The van der Waals surface area contributed by atoms with Crippen LogP contribution in [0.5, 0.6) is 0 Å². The molecule has 0 aromatic carbocycles. The van der Waals surface area contributed by atoms with Gasteiger partial charge in [0.2, 0.25) is 0 Å². The summed E-state index contributed by atoms with van der Waals surface area (Å²) in [5, 5.41) is 46.0. The van der Waals surface area contributed by atoms with Crippen molar-refractivity contribution in [3.63, 3.8) is 0 Å². The van der Waals surface area contributed by atoms with Crippen LogP contribution in [0.4, 0.5) is 0 Å². The summed E-state index contributed by atoms with van der Waals surface area (Å²) >= 11 is 0. The molecule has 0 aromatic rings. The van der Waals surface area contributed by atoms with E-state index in [0.717, 1.165) is 0 Å². The first-order valence-corrected chi connectivity index (χ1v) is 13.5. The van der Waals surface area contributed by atoms with Gasteiger partial charge in [-0.3, -0.25) is 9.59 Å². The van der Waals surface area contributed by atoms with Crippen molar-refractivity contribution >= 4 is 11.8 Å². The zero-order chi connectivity index (χ0) is 26.3. The Labute approximate surface area is 212 Å². The Bertz CT molecular complexity index is 1050. The van der Waals surface area contributed by atoms with E-state index in [-0.39, 0.29) is 36.1 Å². The molecule has 2 saturated heterocycles. The van der Waals surface area contributed by atoms with Gasteiger partial charge in [-0.2, -0.15) is 0 Å². The average Bonchev–Trinajstić information content (AvgIpc) is 3.47. The molecule has 8 nitrogen and oxygen atoms in total. The Balaban J connectivity index is 1.34. The maximum atomic E-state index is 13.3. The highest BCUT2D eigenvalue weighted by Gasteiger charge is 2.81. The van der Waals surface area contributed by atoms with E-state index in [9.17, 15) is 30.0 Å². The van der Waals surface area contributed by atoms with Gasteiger partial charge in [-0.15, -0.1) is 0 Å². The number of cyclic esters (lactones) is 1. The molecular weight excluding hydrogens is 464 g/mol. The number of allylic oxidation sites excluding steroid dienone is 1. The fourth-order valence-corrected chi connectivity index (χ4v) is 9.71. The van der Waals surface area contributed by atoms with Gasteiger partial charge in [0.05, 0.1) is 23.0 Å². The van der Waals surface area contributed by atoms with Crippen LogP contribution in [0.25, 0.3) is 0 Å². The average molecular weight is 505 g/mol. The van der Waals surface area contributed by atoms with Gasteiger partial charge in [0.1, 0.15) is 29.0 Å². The number of epoxide rings is 1. The number of carbonyl (C=O) groups is 2. The first-order valence-electron chi connectivity index (χ1n) is 13.5. The highest BCUT2D eigenvalue weighted by atomic mass is 16.6. The number of hydrogen-bond acceptors (Lipinski definition) is 8. The van der Waals surface area contributed by atoms with Gasteiger partial charge in [0.15, 0.2) is 5.78 Å². The molecule has 4 N–H and O–H groups in total. The Hall–Kier alpha value is -1.32. The van der Waals surface area contributed by atoms with Crippen LogP contribution in [-0.2, 0) is 19.1 Å². The molecule has 2 heterocycles. The third kappa shape index (κ3) is 2.58. The summed E-state index contributed by atoms with van der Waals surface area (Å²) < 4.78 is 11.8. The smallest absolute Gasteiger partial charge is 0.311 e. The van der Waals surface area contributed by atoms with E-state index in [1.54, 1.807) is 26.8 Å². The van der Waals surface area contributed by atoms with E-state index >= 15 is 0 Å². The van der Waals surface area contributed by atoms with Crippen LogP contribution >= 0.6 is 0 Å². The summed E-state index contributed by atoms with van der Waals surface area (Å²) in [6.45, 7) is 8.70. The van der Waals surface area contributed by atoms with Crippen molar-refractivity contribution in [1.82, 2.24) is 0 Å². The first kappa shape index (κ1) is 25.0. The molecule has 6 unspecified atom stereocenters. The monoisotopic (exact) mass is 504 g/mol. The van der Waals surface area contributed by atoms with E-state index in [2.05, 4.69) is 0 Å². The molecule has 0 bridgehead atoms. The van der Waals surface area contributed by atoms with Gasteiger partial charge < -0.3 is 29.9 Å². The molecule has 8 heteroatoms. The molecule has 36 heavy (non-hydrogen) atoms. The Morgan fingerprint density at radius 1 is 1.08 bits per heavy atom. The first-order chi connectivity index (χ1) is 16.6. The molecule has 13 atom stereocenters. The van der Waals surface area contributed by atoms with Crippen LogP contribution in [0.3, 0.4) is 0 Å². The summed E-state index contributed by atoms with van der Waals surface area (Å²) in [6, 6.07) is 0. The number of ether oxygens (including phenoxy) is 2. The van der Waals surface area contributed by atoms with Gasteiger partial charge in [-0.1, -0.05) is 6.92 Å². The van der Waals surface area contributed by atoms with E-state index in [0.29, 0.717) is 32.1 Å². The molecular formula is C28H40O8. The van der Waals surface area contributed by atoms with Crippen LogP contribution < -0.4 is 0 Å². The van der Waals surface area contributed by atoms with Crippen molar-refractivity contribution in [2.75, 3.05) is 0 Å². The van der Waals surface area contributed by atoms with Crippen molar-refractivity contribution in [2.24, 2.45) is 34.5 Å². The predicted octanol–water partition coefficient (Wildman–Crippen LogP) is 1.66. The lowest BCUT2D eigenvalue weighted by Gasteiger charge is -2.61. The third-order valence-corrected chi connectivity index (χ3v) is 12.4. The second-order valence-corrected chi connectivity index (χ2v) is 13.6. The summed E-state index contributed by atoms with van der Waals surface area (Å²) in [5.74, 6) is -1.17. The molecule has 0 amide bonds. The van der Waals surface area contributed by atoms with Gasteiger partial charge in [0, 0.05) is 11.8 Å². The lowest BCUT2D eigenvalue weighted by molar-refractivity contribution is -0.270. The largest absolute Gasteiger partial charge is 0.459 e. The molecule has 3 saturated carbocycles. The van der Waals surface area contributed by atoms with Crippen molar-refractivity contribution in [3.05, 3.63) is 12.2 Å². The third-order valence-electron chi connectivity index (χ3n) is 12.4. The van der Waals surface area contributed by atoms with E-state index < -0.39 is 57.3 Å². The Morgan fingerprint density at radius 3 is 2.42 bits per heavy atom. The quantitative estimate of drug-likeness (QED) is 0.329. The zero-order valence-corrected chi connectivity index (χ0v) is 21.9. The standard InChI is InChI=1S/C28H40O8/c1-14-22(31)35-21(13-24(14,3)32)26(5,33)27(34)11-9-16-15-12-20-28(36-20)19(30)7-6-18(29)25(28,4)17(15)8-10-23(16,27)2/h6-7,14-17,19-21,30,32-34H,8-13H2,1-5H3/t14-,15?,16?,17?,19?,20+,21?,23-,24+,25-,26-,27+,28?/m0/s1. The van der Waals surface area contributed by atoms with Crippen molar-refractivity contribution < 1.29 is 39.5 Å². The van der Waals surface area contributed by atoms with E-state index in [1.807, 2.05) is 13.8 Å². The molecule has 1 spiro atoms. The van der Waals surface area contributed by atoms with E-state index in [4.69, 9.17) is 9.47 Å². The number of carbonyl (C=O) groups excluding carboxylic acids is 2. The lowest BCUT2D eigenvalue weighted by Crippen LogP contribution is -2.70. The van der Waals surface area contributed by atoms with Crippen LogP contribution in [0.2, 0.25) is 0 Å². The molecule has 0 aromatic heterocycles.